The van der Waals surface area contributed by atoms with Gasteiger partial charge in [-0.3, -0.25) is 4.79 Å². The lowest BCUT2D eigenvalue weighted by atomic mass is 9.76. The molecule has 3 atom stereocenters. The van der Waals surface area contributed by atoms with Crippen LogP contribution >= 0.6 is 11.6 Å². The van der Waals surface area contributed by atoms with Crippen molar-refractivity contribution in [3.8, 4) is 11.5 Å². The quantitative estimate of drug-likeness (QED) is 0.539. The van der Waals surface area contributed by atoms with E-state index in [1.54, 1.807) is 30.6 Å². The summed E-state index contributed by atoms with van der Waals surface area (Å²) < 4.78 is 39.0. The van der Waals surface area contributed by atoms with Gasteiger partial charge in [0.25, 0.3) is 5.91 Å². The number of pyridine rings is 2. The van der Waals surface area contributed by atoms with Gasteiger partial charge in [-0.15, -0.1) is 0 Å². The zero-order valence-electron chi connectivity index (χ0n) is 18.8. The predicted octanol–water partition coefficient (Wildman–Crippen LogP) is 5.02. The Balaban J connectivity index is 1.42. The van der Waals surface area contributed by atoms with Gasteiger partial charge in [-0.25, -0.2) is 19.9 Å². The van der Waals surface area contributed by atoms with Crippen molar-refractivity contribution in [3.63, 3.8) is 0 Å². The molecule has 3 aromatic rings. The maximum atomic E-state index is 13.8. The second kappa shape index (κ2) is 9.07. The lowest BCUT2D eigenvalue weighted by molar-refractivity contribution is -0.137. The van der Waals surface area contributed by atoms with E-state index in [2.05, 4.69) is 25.3 Å². The molecule has 3 fully saturated rings. The van der Waals surface area contributed by atoms with Crippen molar-refractivity contribution >= 4 is 23.3 Å². The maximum absolute atomic E-state index is 13.8. The third-order valence-corrected chi connectivity index (χ3v) is 6.86. The fraction of sp³-hybridized carbons (Fsp3) is 0.375. The van der Waals surface area contributed by atoms with Crippen molar-refractivity contribution in [1.82, 2.24) is 24.8 Å². The highest BCUT2D eigenvalue weighted by molar-refractivity contribution is 6.33. The van der Waals surface area contributed by atoms with E-state index in [0.717, 1.165) is 37.2 Å². The van der Waals surface area contributed by atoms with Crippen molar-refractivity contribution in [2.45, 2.75) is 44.4 Å². The summed E-state index contributed by atoms with van der Waals surface area (Å²) in [5.41, 5.74) is 0.678. The van der Waals surface area contributed by atoms with Crippen LogP contribution in [0.1, 0.15) is 40.9 Å². The van der Waals surface area contributed by atoms with Gasteiger partial charge in [0.05, 0.1) is 22.2 Å². The summed E-state index contributed by atoms with van der Waals surface area (Å²) in [4.78, 5) is 32.6. The first-order chi connectivity index (χ1) is 16.7. The standard InChI is InChI=1S/C24H22ClF3N6O/c1-13-3-5-16(20(32-13)22-29-7-2-8-30-22)23(35)34-12-14-4-6-19(34)18(9-14)33-21-17(25)10-15(11-31-21)24(26,27)28/h2-3,5,7-8,10-11,14,18-19H,4,6,9,12H2,1H3,(H,31,33). The van der Waals surface area contributed by atoms with Gasteiger partial charge < -0.3 is 10.2 Å². The lowest BCUT2D eigenvalue weighted by Crippen LogP contribution is -2.59. The fourth-order valence-corrected chi connectivity index (χ4v) is 5.15. The van der Waals surface area contributed by atoms with E-state index >= 15 is 0 Å². The molecule has 3 unspecified atom stereocenters. The summed E-state index contributed by atoms with van der Waals surface area (Å²) in [7, 11) is 0. The third-order valence-electron chi connectivity index (χ3n) is 6.57. The molecule has 2 saturated heterocycles. The van der Waals surface area contributed by atoms with Crippen LogP contribution in [0.3, 0.4) is 0 Å². The van der Waals surface area contributed by atoms with E-state index in [9.17, 15) is 18.0 Å². The molecule has 11 heteroatoms. The Morgan fingerprint density at radius 3 is 2.63 bits per heavy atom. The van der Waals surface area contributed by atoms with E-state index in [0.29, 0.717) is 23.6 Å². The lowest BCUT2D eigenvalue weighted by Gasteiger charge is -2.50. The molecular weight excluding hydrogens is 481 g/mol. The number of hydrogen-bond acceptors (Lipinski definition) is 6. The number of aryl methyl sites for hydroxylation is 1. The van der Waals surface area contributed by atoms with Crippen LogP contribution in [0.5, 0.6) is 0 Å². The number of nitrogens with one attached hydrogen (secondary N) is 1. The zero-order valence-corrected chi connectivity index (χ0v) is 19.5. The number of carbonyl (C=O) groups is 1. The van der Waals surface area contributed by atoms with E-state index in [-0.39, 0.29) is 34.7 Å². The monoisotopic (exact) mass is 502 g/mol. The highest BCUT2D eigenvalue weighted by Crippen LogP contribution is 2.39. The van der Waals surface area contributed by atoms with Crippen molar-refractivity contribution < 1.29 is 18.0 Å². The molecule has 2 bridgehead atoms. The van der Waals surface area contributed by atoms with Crippen LogP contribution in [0.4, 0.5) is 19.0 Å². The van der Waals surface area contributed by atoms with E-state index in [1.165, 1.54) is 0 Å². The molecule has 0 aromatic carbocycles. The molecule has 1 aliphatic carbocycles. The number of amides is 1. The average molecular weight is 503 g/mol. The van der Waals surface area contributed by atoms with Crippen molar-refractivity contribution in [2.24, 2.45) is 5.92 Å². The molecule has 7 nitrogen and oxygen atoms in total. The summed E-state index contributed by atoms with van der Waals surface area (Å²) in [6.07, 6.45) is 1.96. The Bertz CT molecular complexity index is 1260. The van der Waals surface area contributed by atoms with Crippen molar-refractivity contribution in [2.75, 3.05) is 11.9 Å². The normalized spacial score (nSPS) is 21.7. The molecule has 6 rings (SSSR count). The van der Waals surface area contributed by atoms with E-state index < -0.39 is 11.7 Å². The van der Waals surface area contributed by atoms with Gasteiger partial charge in [0.15, 0.2) is 5.82 Å². The summed E-state index contributed by atoms with van der Waals surface area (Å²) in [6, 6.07) is 5.73. The fourth-order valence-electron chi connectivity index (χ4n) is 4.93. The number of anilines is 1. The average Bonchev–Trinajstić information content (AvgIpc) is 2.85. The first-order valence-corrected chi connectivity index (χ1v) is 11.6. The van der Waals surface area contributed by atoms with Crippen LogP contribution in [0.2, 0.25) is 5.02 Å². The highest BCUT2D eigenvalue weighted by atomic mass is 35.5. The Morgan fingerprint density at radius 2 is 1.94 bits per heavy atom. The molecule has 0 spiro atoms. The molecule has 1 N–H and O–H groups in total. The van der Waals surface area contributed by atoms with Crippen LogP contribution in [0.15, 0.2) is 42.9 Å². The number of fused-ring (bicyclic) bond motifs is 3. The molecular formula is C24H22ClF3N6O. The Hall–Kier alpha value is -3.27. The van der Waals surface area contributed by atoms with Crippen LogP contribution in [-0.4, -0.2) is 49.4 Å². The molecule has 3 aromatic heterocycles. The minimum Gasteiger partial charge on any atom is -0.364 e. The van der Waals surface area contributed by atoms with Gasteiger partial charge in [-0.2, -0.15) is 13.2 Å². The van der Waals surface area contributed by atoms with Crippen LogP contribution < -0.4 is 5.32 Å². The van der Waals surface area contributed by atoms with Crippen molar-refractivity contribution in [3.05, 3.63) is 64.7 Å². The zero-order chi connectivity index (χ0) is 24.7. The predicted molar refractivity (Wildman–Crippen MR) is 124 cm³/mol. The smallest absolute Gasteiger partial charge is 0.364 e. The van der Waals surface area contributed by atoms with Gasteiger partial charge in [0.1, 0.15) is 11.5 Å². The van der Waals surface area contributed by atoms with E-state index in [4.69, 9.17) is 11.6 Å². The topological polar surface area (TPSA) is 83.9 Å². The molecule has 1 saturated carbocycles. The summed E-state index contributed by atoms with van der Waals surface area (Å²) in [6.45, 7) is 2.43. The largest absolute Gasteiger partial charge is 0.417 e. The number of hydrogen-bond donors (Lipinski definition) is 1. The number of piperidine rings is 2. The minimum atomic E-state index is -4.52. The molecule has 2 aliphatic heterocycles. The van der Waals surface area contributed by atoms with E-state index in [1.807, 2.05) is 11.8 Å². The number of alkyl halides is 3. The highest BCUT2D eigenvalue weighted by Gasteiger charge is 2.44. The van der Waals surface area contributed by atoms with Gasteiger partial charge in [0, 0.05) is 36.9 Å². The molecule has 0 radical (unpaired) electrons. The Morgan fingerprint density at radius 1 is 1.17 bits per heavy atom. The van der Waals surface area contributed by atoms with Crippen LogP contribution in [0.25, 0.3) is 11.5 Å². The Kier molecular flexibility index (Phi) is 6.08. The van der Waals surface area contributed by atoms with Crippen LogP contribution in [0, 0.1) is 12.8 Å². The Labute approximate surface area is 204 Å². The molecule has 35 heavy (non-hydrogen) atoms. The molecule has 1 amide bonds. The van der Waals surface area contributed by atoms with Gasteiger partial charge in [0.2, 0.25) is 0 Å². The second-order valence-electron chi connectivity index (χ2n) is 8.93. The van der Waals surface area contributed by atoms with Crippen LogP contribution in [-0.2, 0) is 6.18 Å². The molecule has 5 heterocycles. The molecule has 3 aliphatic rings. The maximum Gasteiger partial charge on any atom is 0.417 e. The van der Waals surface area contributed by atoms with Gasteiger partial charge in [-0.1, -0.05) is 11.6 Å². The number of rotatable bonds is 4. The first-order valence-electron chi connectivity index (χ1n) is 11.3. The summed E-state index contributed by atoms with van der Waals surface area (Å²) in [5.74, 6) is 0.634. The molecule has 182 valence electrons. The summed E-state index contributed by atoms with van der Waals surface area (Å²) in [5, 5.41) is 3.10. The number of nitrogens with zero attached hydrogens (tertiary/aromatic N) is 5. The third kappa shape index (κ3) is 4.67. The minimum absolute atomic E-state index is 0.106. The van der Waals surface area contributed by atoms with Crippen molar-refractivity contribution in [1.29, 1.82) is 0 Å². The first kappa shape index (κ1) is 23.5. The number of carbonyl (C=O) groups excluding carboxylic acids is 1. The van der Waals surface area contributed by atoms with Gasteiger partial charge in [-0.05, 0) is 56.4 Å². The number of halogens is 4. The second-order valence-corrected chi connectivity index (χ2v) is 9.34. The van der Waals surface area contributed by atoms with Gasteiger partial charge >= 0.3 is 6.18 Å². The SMILES string of the molecule is Cc1ccc(C(=O)N2CC3CCC2C(Nc2ncc(C(F)(F)F)cc2Cl)C3)c(-c2ncccn2)n1. The number of aromatic nitrogens is 4. The summed E-state index contributed by atoms with van der Waals surface area (Å²) >= 11 is 6.13.